The molecule has 0 saturated heterocycles. The van der Waals surface area contributed by atoms with Crippen LogP contribution in [0.25, 0.3) is 0 Å². The van der Waals surface area contributed by atoms with Gasteiger partial charge in [-0.3, -0.25) is 4.79 Å². The van der Waals surface area contributed by atoms with Crippen molar-refractivity contribution in [1.82, 2.24) is 5.43 Å². The maximum Gasteiger partial charge on any atom is 0.277 e. The van der Waals surface area contributed by atoms with Crippen molar-refractivity contribution < 1.29 is 19.0 Å². The summed E-state index contributed by atoms with van der Waals surface area (Å²) in [6.45, 7) is -0.0105. The molecule has 0 aliphatic carbocycles. The van der Waals surface area contributed by atoms with Crippen molar-refractivity contribution in [2.24, 2.45) is 5.10 Å². The molecular weight excluding hydrogens is 475 g/mol. The minimum absolute atomic E-state index is 0.186. The van der Waals surface area contributed by atoms with Gasteiger partial charge in [0.05, 0.1) is 13.3 Å². The molecule has 0 aliphatic rings. The second kappa shape index (κ2) is 11.6. The van der Waals surface area contributed by atoms with Crippen LogP contribution in [0.4, 0.5) is 0 Å². The highest BCUT2D eigenvalue weighted by atomic mass is 35.5. The second-order valence-electron chi connectivity index (χ2n) is 6.44. The summed E-state index contributed by atoms with van der Waals surface area (Å²) in [6, 6.07) is 17.3. The van der Waals surface area contributed by atoms with Crippen LogP contribution in [-0.4, -0.2) is 25.8 Å². The van der Waals surface area contributed by atoms with Gasteiger partial charge in [-0.25, -0.2) is 5.43 Å². The molecule has 32 heavy (non-hydrogen) atoms. The van der Waals surface area contributed by atoms with Crippen molar-refractivity contribution in [3.05, 3.63) is 86.9 Å². The first kappa shape index (κ1) is 23.7. The molecule has 0 aliphatic heterocycles. The Morgan fingerprint density at radius 2 is 1.72 bits per heavy atom. The number of rotatable bonds is 9. The first-order valence-corrected chi connectivity index (χ1v) is 10.5. The van der Waals surface area contributed by atoms with Crippen LogP contribution in [0.3, 0.4) is 0 Å². The quantitative estimate of drug-likeness (QED) is 0.304. The molecule has 6 nitrogen and oxygen atoms in total. The molecule has 0 heterocycles. The lowest BCUT2D eigenvalue weighted by molar-refractivity contribution is -0.123. The van der Waals surface area contributed by atoms with E-state index < -0.39 is 5.91 Å². The summed E-state index contributed by atoms with van der Waals surface area (Å²) in [7, 11) is 1.53. The van der Waals surface area contributed by atoms with Crippen molar-refractivity contribution >= 4 is 46.9 Å². The molecule has 0 spiro atoms. The van der Waals surface area contributed by atoms with Gasteiger partial charge in [-0.15, -0.1) is 0 Å². The summed E-state index contributed by atoms with van der Waals surface area (Å²) in [5, 5.41) is 5.50. The molecule has 0 unspecified atom stereocenters. The second-order valence-corrected chi connectivity index (χ2v) is 7.69. The SMILES string of the molecule is COc1cc(/C=N/NC(=O)COc2cccc(Cl)c2)ccc1OCc1c(Cl)cccc1Cl. The van der Waals surface area contributed by atoms with Crippen LogP contribution in [-0.2, 0) is 11.4 Å². The van der Waals surface area contributed by atoms with Crippen LogP contribution in [0.1, 0.15) is 11.1 Å². The molecule has 0 radical (unpaired) electrons. The van der Waals surface area contributed by atoms with Crippen LogP contribution < -0.4 is 19.6 Å². The molecule has 9 heteroatoms. The standard InChI is InChI=1S/C23H19Cl3N2O4/c1-30-22-10-15(8-9-21(22)32-13-18-19(25)6-3-7-20(18)26)12-27-28-23(29)14-31-17-5-2-4-16(24)11-17/h2-12H,13-14H2,1H3,(H,28,29)/b27-12+. The highest BCUT2D eigenvalue weighted by Gasteiger charge is 2.10. The van der Waals surface area contributed by atoms with Gasteiger partial charge >= 0.3 is 0 Å². The number of nitrogens with zero attached hydrogens (tertiary/aromatic N) is 1. The molecule has 0 saturated carbocycles. The predicted octanol–water partition coefficient (Wildman–Crippen LogP) is 5.76. The molecule has 1 N–H and O–H groups in total. The highest BCUT2D eigenvalue weighted by Crippen LogP contribution is 2.31. The normalized spacial score (nSPS) is 10.8. The minimum atomic E-state index is -0.412. The molecule has 0 atom stereocenters. The van der Waals surface area contributed by atoms with Crippen molar-refractivity contribution in [3.63, 3.8) is 0 Å². The number of ether oxygens (including phenoxy) is 3. The van der Waals surface area contributed by atoms with Crippen LogP contribution in [0, 0.1) is 0 Å². The molecule has 1 amide bonds. The van der Waals surface area contributed by atoms with Gasteiger partial charge in [0.1, 0.15) is 12.4 Å². The lowest BCUT2D eigenvalue weighted by atomic mass is 10.2. The van der Waals surface area contributed by atoms with E-state index in [0.717, 1.165) is 0 Å². The number of hydrazone groups is 1. The lowest BCUT2D eigenvalue weighted by Gasteiger charge is -2.13. The van der Waals surface area contributed by atoms with Gasteiger partial charge in [0.15, 0.2) is 18.1 Å². The van der Waals surface area contributed by atoms with E-state index >= 15 is 0 Å². The van der Waals surface area contributed by atoms with E-state index in [0.29, 0.717) is 43.4 Å². The van der Waals surface area contributed by atoms with E-state index in [1.165, 1.54) is 13.3 Å². The van der Waals surface area contributed by atoms with Crippen LogP contribution in [0.2, 0.25) is 15.1 Å². The third kappa shape index (κ3) is 6.79. The van der Waals surface area contributed by atoms with E-state index in [-0.39, 0.29) is 13.2 Å². The highest BCUT2D eigenvalue weighted by molar-refractivity contribution is 6.36. The number of nitrogens with one attached hydrogen (secondary N) is 1. The maximum atomic E-state index is 11.9. The fourth-order valence-electron chi connectivity index (χ4n) is 2.62. The average molecular weight is 494 g/mol. The van der Waals surface area contributed by atoms with Gasteiger partial charge in [0.2, 0.25) is 0 Å². The molecule has 0 fully saturated rings. The molecule has 3 aromatic carbocycles. The Balaban J connectivity index is 1.55. The Morgan fingerprint density at radius 3 is 2.44 bits per heavy atom. The third-order valence-electron chi connectivity index (χ3n) is 4.19. The molecular formula is C23H19Cl3N2O4. The zero-order chi connectivity index (χ0) is 22.9. The first-order valence-electron chi connectivity index (χ1n) is 9.40. The lowest BCUT2D eigenvalue weighted by Crippen LogP contribution is -2.24. The average Bonchev–Trinajstić information content (AvgIpc) is 2.78. The van der Waals surface area contributed by atoms with Gasteiger partial charge in [-0.05, 0) is 54.1 Å². The predicted molar refractivity (Wildman–Crippen MR) is 126 cm³/mol. The third-order valence-corrected chi connectivity index (χ3v) is 5.13. The molecule has 0 aromatic heterocycles. The Bertz CT molecular complexity index is 1100. The van der Waals surface area contributed by atoms with Crippen molar-refractivity contribution in [2.45, 2.75) is 6.61 Å². The first-order chi connectivity index (χ1) is 15.5. The van der Waals surface area contributed by atoms with E-state index in [2.05, 4.69) is 10.5 Å². The van der Waals surface area contributed by atoms with Gasteiger partial charge in [0, 0.05) is 20.6 Å². The smallest absolute Gasteiger partial charge is 0.277 e. The van der Waals surface area contributed by atoms with Gasteiger partial charge in [-0.1, -0.05) is 46.9 Å². The summed E-state index contributed by atoms with van der Waals surface area (Å²) in [4.78, 5) is 11.9. The molecule has 3 aromatic rings. The number of carbonyl (C=O) groups is 1. The number of halogens is 3. The minimum Gasteiger partial charge on any atom is -0.493 e. The van der Waals surface area contributed by atoms with E-state index in [1.54, 1.807) is 60.7 Å². The number of carbonyl (C=O) groups excluding carboxylic acids is 1. The Hall–Kier alpha value is -2.93. The van der Waals surface area contributed by atoms with E-state index in [9.17, 15) is 4.79 Å². The van der Waals surface area contributed by atoms with E-state index in [4.69, 9.17) is 49.0 Å². The Morgan fingerprint density at radius 1 is 0.969 bits per heavy atom. The van der Waals surface area contributed by atoms with Crippen LogP contribution >= 0.6 is 34.8 Å². The fraction of sp³-hybridized carbons (Fsp3) is 0.130. The number of amides is 1. The zero-order valence-corrected chi connectivity index (χ0v) is 19.2. The van der Waals surface area contributed by atoms with Gasteiger partial charge in [-0.2, -0.15) is 5.10 Å². The van der Waals surface area contributed by atoms with Gasteiger partial charge < -0.3 is 14.2 Å². The monoisotopic (exact) mass is 492 g/mol. The number of hydrogen-bond acceptors (Lipinski definition) is 5. The van der Waals surface area contributed by atoms with Crippen molar-refractivity contribution in [2.75, 3.05) is 13.7 Å². The largest absolute Gasteiger partial charge is 0.493 e. The van der Waals surface area contributed by atoms with Crippen molar-refractivity contribution in [3.8, 4) is 17.2 Å². The van der Waals surface area contributed by atoms with Crippen LogP contribution in [0.15, 0.2) is 65.8 Å². The number of methoxy groups -OCH3 is 1. The fourth-order valence-corrected chi connectivity index (χ4v) is 3.31. The molecule has 166 valence electrons. The summed E-state index contributed by atoms with van der Waals surface area (Å²) < 4.78 is 16.6. The molecule has 3 rings (SSSR count). The summed E-state index contributed by atoms with van der Waals surface area (Å²) >= 11 is 18.2. The van der Waals surface area contributed by atoms with Gasteiger partial charge in [0.25, 0.3) is 5.91 Å². The number of hydrogen-bond donors (Lipinski definition) is 1. The Labute approximate surface area is 200 Å². The maximum absolute atomic E-state index is 11.9. The van der Waals surface area contributed by atoms with Crippen LogP contribution in [0.5, 0.6) is 17.2 Å². The summed E-state index contributed by atoms with van der Waals surface area (Å²) in [6.07, 6.45) is 1.48. The Kier molecular flexibility index (Phi) is 8.62. The summed E-state index contributed by atoms with van der Waals surface area (Å²) in [5.41, 5.74) is 3.78. The molecule has 0 bridgehead atoms. The van der Waals surface area contributed by atoms with E-state index in [1.807, 2.05) is 0 Å². The number of benzene rings is 3. The topological polar surface area (TPSA) is 69.2 Å². The zero-order valence-electron chi connectivity index (χ0n) is 17.0. The van der Waals surface area contributed by atoms with Crippen molar-refractivity contribution in [1.29, 1.82) is 0 Å². The summed E-state index contributed by atoms with van der Waals surface area (Å²) in [5.74, 6) is 1.09.